The molecule has 0 amide bonds. The number of β-amino-alcohol motifs (C(OH)–C–C–N with tert-alkyl or cyclic N) is 1. The van der Waals surface area contributed by atoms with Gasteiger partial charge in [-0.1, -0.05) is 32.0 Å². The lowest BCUT2D eigenvalue weighted by atomic mass is 10.0. The number of para-hydroxylation sites is 1. The molecule has 0 unspecified atom stereocenters. The van der Waals surface area contributed by atoms with Crippen LogP contribution in [-0.2, 0) is 0 Å². The van der Waals surface area contributed by atoms with Crippen LogP contribution in [0.5, 0.6) is 5.75 Å². The maximum Gasteiger partial charge on any atom is 0.194 e. The highest BCUT2D eigenvalue weighted by Gasteiger charge is 2.22. The number of nitrogens with zero attached hydrogens (tertiary/aromatic N) is 2. The first-order valence-electron chi connectivity index (χ1n) is 8.54. The van der Waals surface area contributed by atoms with E-state index in [1.165, 1.54) is 5.56 Å². The molecule has 1 aromatic rings. The number of nitrogens with one attached hydrogen (secondary N) is 1. The van der Waals surface area contributed by atoms with Crippen LogP contribution >= 0.6 is 0 Å². The molecule has 1 saturated heterocycles. The van der Waals surface area contributed by atoms with E-state index in [-0.39, 0.29) is 6.10 Å². The molecule has 2 N–H and O–H groups in total. The molecular weight excluding hydrogens is 290 g/mol. The molecule has 5 heteroatoms. The fourth-order valence-corrected chi connectivity index (χ4v) is 2.76. The van der Waals surface area contributed by atoms with E-state index in [4.69, 9.17) is 4.74 Å². The van der Waals surface area contributed by atoms with Crippen molar-refractivity contribution in [3.05, 3.63) is 29.8 Å². The van der Waals surface area contributed by atoms with Gasteiger partial charge in [-0.2, -0.15) is 0 Å². The van der Waals surface area contributed by atoms with Crippen LogP contribution in [0, 0.1) is 0 Å². The van der Waals surface area contributed by atoms with Gasteiger partial charge < -0.3 is 20.1 Å². The summed E-state index contributed by atoms with van der Waals surface area (Å²) in [5.74, 6) is 2.25. The minimum absolute atomic E-state index is 0.243. The normalized spacial score (nSPS) is 18.6. The summed E-state index contributed by atoms with van der Waals surface area (Å²) in [6.45, 7) is 9.87. The van der Waals surface area contributed by atoms with E-state index in [1.807, 2.05) is 18.2 Å². The van der Waals surface area contributed by atoms with Crippen molar-refractivity contribution in [1.82, 2.24) is 10.2 Å². The third kappa shape index (κ3) is 5.13. The largest absolute Gasteiger partial charge is 0.491 e. The Hall–Kier alpha value is -1.75. The van der Waals surface area contributed by atoms with Crippen molar-refractivity contribution in [2.75, 3.05) is 32.8 Å². The molecule has 0 spiro atoms. The average Bonchev–Trinajstić information content (AvgIpc) is 2.97. The molecular formula is C18H29N3O2. The maximum absolute atomic E-state index is 9.67. The number of hydrogen-bond acceptors (Lipinski definition) is 3. The molecule has 1 heterocycles. The second-order valence-electron chi connectivity index (χ2n) is 6.17. The van der Waals surface area contributed by atoms with Gasteiger partial charge in [-0.05, 0) is 30.9 Å². The Morgan fingerprint density at radius 3 is 2.87 bits per heavy atom. The zero-order chi connectivity index (χ0) is 16.7. The first-order valence-corrected chi connectivity index (χ1v) is 8.54. The summed E-state index contributed by atoms with van der Waals surface area (Å²) < 4.78 is 5.91. The molecule has 1 fully saturated rings. The second kappa shape index (κ2) is 8.77. The van der Waals surface area contributed by atoms with Gasteiger partial charge in [0, 0.05) is 19.6 Å². The molecule has 2 rings (SSSR count). The zero-order valence-corrected chi connectivity index (χ0v) is 14.5. The Balaban J connectivity index is 1.89. The Bertz CT molecular complexity index is 517. The summed E-state index contributed by atoms with van der Waals surface area (Å²) in [5.41, 5.74) is 1.23. The van der Waals surface area contributed by atoms with Gasteiger partial charge in [-0.3, -0.25) is 0 Å². The van der Waals surface area contributed by atoms with E-state index in [9.17, 15) is 5.11 Å². The van der Waals surface area contributed by atoms with E-state index >= 15 is 0 Å². The van der Waals surface area contributed by atoms with E-state index < -0.39 is 0 Å². The van der Waals surface area contributed by atoms with Crippen LogP contribution in [0.15, 0.2) is 29.3 Å². The van der Waals surface area contributed by atoms with Crippen LogP contribution in [0.2, 0.25) is 0 Å². The van der Waals surface area contributed by atoms with Crippen molar-refractivity contribution in [1.29, 1.82) is 0 Å². The lowest BCUT2D eigenvalue weighted by molar-refractivity contribution is 0.187. The molecule has 1 aromatic carbocycles. The summed E-state index contributed by atoms with van der Waals surface area (Å²) >= 11 is 0. The molecule has 1 atom stereocenters. The van der Waals surface area contributed by atoms with E-state index in [2.05, 4.69) is 42.0 Å². The van der Waals surface area contributed by atoms with E-state index in [1.54, 1.807) is 0 Å². The van der Waals surface area contributed by atoms with Crippen molar-refractivity contribution < 1.29 is 9.84 Å². The summed E-state index contributed by atoms with van der Waals surface area (Å²) in [7, 11) is 0. The highest BCUT2D eigenvalue weighted by molar-refractivity contribution is 5.80. The zero-order valence-electron chi connectivity index (χ0n) is 14.5. The second-order valence-corrected chi connectivity index (χ2v) is 6.17. The minimum Gasteiger partial charge on any atom is -0.491 e. The van der Waals surface area contributed by atoms with Gasteiger partial charge in [0.1, 0.15) is 12.4 Å². The molecule has 5 nitrogen and oxygen atoms in total. The maximum atomic E-state index is 9.67. The van der Waals surface area contributed by atoms with Crippen molar-refractivity contribution in [2.24, 2.45) is 4.99 Å². The molecule has 23 heavy (non-hydrogen) atoms. The molecule has 128 valence electrons. The van der Waals surface area contributed by atoms with Gasteiger partial charge >= 0.3 is 0 Å². The number of hydrogen-bond donors (Lipinski definition) is 2. The van der Waals surface area contributed by atoms with Crippen LogP contribution in [0.1, 0.15) is 38.7 Å². The number of aliphatic imine (C=N–C) groups is 1. The highest BCUT2D eigenvalue weighted by Crippen LogP contribution is 2.25. The molecule has 0 saturated carbocycles. The summed E-state index contributed by atoms with van der Waals surface area (Å²) in [4.78, 5) is 6.72. The lowest BCUT2D eigenvalue weighted by Gasteiger charge is -2.21. The Labute approximate surface area is 139 Å². The SMILES string of the molecule is CCNC(=NCCOc1ccccc1C(C)C)N1CC[C@@H](O)C1. The Morgan fingerprint density at radius 1 is 1.43 bits per heavy atom. The number of aliphatic hydroxyl groups is 1. The molecule has 0 aliphatic carbocycles. The number of likely N-dealkylation sites (tertiary alicyclic amines) is 1. The standard InChI is InChI=1S/C18H29N3O2/c1-4-19-18(21-11-9-15(22)13-21)20-10-12-23-17-8-6-5-7-16(17)14(2)3/h5-8,14-15,22H,4,9-13H2,1-3H3,(H,19,20)/t15-/m1/s1. The van der Waals surface area contributed by atoms with E-state index in [0.717, 1.165) is 31.2 Å². The number of guanidine groups is 1. The van der Waals surface area contributed by atoms with Crippen molar-refractivity contribution >= 4 is 5.96 Å². The predicted octanol–water partition coefficient (Wildman–Crippen LogP) is 2.22. The van der Waals surface area contributed by atoms with Crippen LogP contribution in [0.25, 0.3) is 0 Å². The minimum atomic E-state index is -0.243. The number of aliphatic hydroxyl groups excluding tert-OH is 1. The Kier molecular flexibility index (Phi) is 6.71. The van der Waals surface area contributed by atoms with Gasteiger partial charge in [-0.15, -0.1) is 0 Å². The van der Waals surface area contributed by atoms with Gasteiger partial charge in [0.05, 0.1) is 12.6 Å². The molecule has 1 aliphatic rings. The summed E-state index contributed by atoms with van der Waals surface area (Å²) in [5, 5.41) is 13.0. The van der Waals surface area contributed by atoms with Gasteiger partial charge in [0.15, 0.2) is 5.96 Å². The number of benzene rings is 1. The van der Waals surface area contributed by atoms with Crippen molar-refractivity contribution in [2.45, 2.75) is 39.2 Å². The third-order valence-corrected chi connectivity index (χ3v) is 3.95. The van der Waals surface area contributed by atoms with Crippen LogP contribution in [0.3, 0.4) is 0 Å². The van der Waals surface area contributed by atoms with Crippen LogP contribution in [-0.4, -0.2) is 54.9 Å². The topological polar surface area (TPSA) is 57.1 Å². The van der Waals surface area contributed by atoms with Gasteiger partial charge in [0.2, 0.25) is 0 Å². The fourth-order valence-electron chi connectivity index (χ4n) is 2.76. The third-order valence-electron chi connectivity index (χ3n) is 3.95. The Morgan fingerprint density at radius 2 is 2.22 bits per heavy atom. The number of rotatable bonds is 6. The highest BCUT2D eigenvalue weighted by atomic mass is 16.5. The lowest BCUT2D eigenvalue weighted by Crippen LogP contribution is -2.40. The number of ether oxygens (including phenoxy) is 1. The molecule has 0 bridgehead atoms. The molecule has 0 radical (unpaired) electrons. The van der Waals surface area contributed by atoms with Crippen LogP contribution in [0.4, 0.5) is 0 Å². The van der Waals surface area contributed by atoms with Crippen molar-refractivity contribution in [3.63, 3.8) is 0 Å². The fraction of sp³-hybridized carbons (Fsp3) is 0.611. The smallest absolute Gasteiger partial charge is 0.194 e. The van der Waals surface area contributed by atoms with Crippen molar-refractivity contribution in [3.8, 4) is 5.75 Å². The average molecular weight is 319 g/mol. The van der Waals surface area contributed by atoms with E-state index in [0.29, 0.717) is 25.6 Å². The van der Waals surface area contributed by atoms with Crippen LogP contribution < -0.4 is 10.1 Å². The quantitative estimate of drug-likeness (QED) is 0.479. The molecule has 0 aromatic heterocycles. The summed E-state index contributed by atoms with van der Waals surface area (Å²) in [6, 6.07) is 8.17. The first-order chi connectivity index (χ1) is 11.1. The molecule has 1 aliphatic heterocycles. The predicted molar refractivity (Wildman–Crippen MR) is 94.2 cm³/mol. The summed E-state index contributed by atoms with van der Waals surface area (Å²) in [6.07, 6.45) is 0.566. The first kappa shape index (κ1) is 17.6. The monoisotopic (exact) mass is 319 g/mol. The van der Waals surface area contributed by atoms with Gasteiger partial charge in [0.25, 0.3) is 0 Å². The van der Waals surface area contributed by atoms with Gasteiger partial charge in [-0.25, -0.2) is 4.99 Å².